The van der Waals surface area contributed by atoms with Gasteiger partial charge in [0.25, 0.3) is 0 Å². The van der Waals surface area contributed by atoms with Crippen LogP contribution in [0.4, 0.5) is 0 Å². The zero-order valence-electron chi connectivity index (χ0n) is 7.67. The second-order valence-corrected chi connectivity index (χ2v) is 2.07. The van der Waals surface area contributed by atoms with E-state index in [0.717, 1.165) is 6.61 Å². The van der Waals surface area contributed by atoms with E-state index in [1.54, 1.807) is 0 Å². The van der Waals surface area contributed by atoms with Crippen molar-refractivity contribution < 1.29 is 14.6 Å². The highest BCUT2D eigenvalue weighted by Crippen LogP contribution is 1.81. The predicted octanol–water partition coefficient (Wildman–Crippen LogP) is 0.629. The molecule has 0 aromatic rings. The van der Waals surface area contributed by atoms with Gasteiger partial charge in [-0.15, -0.1) is 0 Å². The van der Waals surface area contributed by atoms with Gasteiger partial charge in [0, 0.05) is 18.7 Å². The molecule has 0 fully saturated rings. The molecular formula is C8H17NO3. The molecule has 0 aliphatic carbocycles. The Morgan fingerprint density at radius 1 is 1.67 bits per heavy atom. The van der Waals surface area contributed by atoms with Crippen molar-refractivity contribution in [1.29, 1.82) is 0 Å². The van der Waals surface area contributed by atoms with Crippen LogP contribution in [0.1, 0.15) is 13.8 Å². The summed E-state index contributed by atoms with van der Waals surface area (Å²) in [5, 5.41) is 7.89. The second-order valence-electron chi connectivity index (χ2n) is 2.07. The quantitative estimate of drug-likeness (QED) is 0.485. The van der Waals surface area contributed by atoms with Crippen LogP contribution in [0.25, 0.3) is 0 Å². The van der Waals surface area contributed by atoms with E-state index in [4.69, 9.17) is 15.6 Å². The SMILES string of the molecule is C=C(C)C(=O)O.CCOCCN. The van der Waals surface area contributed by atoms with E-state index < -0.39 is 5.97 Å². The molecule has 0 aromatic heterocycles. The summed E-state index contributed by atoms with van der Waals surface area (Å²) in [5.41, 5.74) is 5.27. The first kappa shape index (κ1) is 13.7. The predicted molar refractivity (Wildman–Crippen MR) is 48.0 cm³/mol. The number of carboxylic acids is 1. The first-order valence-electron chi connectivity index (χ1n) is 3.72. The molecule has 72 valence electrons. The Labute approximate surface area is 73.0 Å². The number of rotatable bonds is 4. The average molecular weight is 175 g/mol. The smallest absolute Gasteiger partial charge is 0.330 e. The molecule has 0 amide bonds. The van der Waals surface area contributed by atoms with Crippen molar-refractivity contribution in [1.82, 2.24) is 0 Å². The average Bonchev–Trinajstić information content (AvgIpc) is 2.02. The van der Waals surface area contributed by atoms with Gasteiger partial charge in [0.1, 0.15) is 0 Å². The van der Waals surface area contributed by atoms with Crippen molar-refractivity contribution in [2.45, 2.75) is 13.8 Å². The summed E-state index contributed by atoms with van der Waals surface area (Å²) >= 11 is 0. The monoisotopic (exact) mass is 175 g/mol. The first-order chi connectivity index (χ1) is 5.56. The van der Waals surface area contributed by atoms with Crippen LogP contribution in [-0.4, -0.2) is 30.8 Å². The molecule has 0 spiro atoms. The summed E-state index contributed by atoms with van der Waals surface area (Å²) < 4.78 is 4.86. The number of carboxylic acid groups (broad SMARTS) is 1. The Kier molecular flexibility index (Phi) is 11.6. The third-order valence-electron chi connectivity index (χ3n) is 0.831. The topological polar surface area (TPSA) is 72.5 Å². The molecule has 0 aromatic carbocycles. The summed E-state index contributed by atoms with van der Waals surface area (Å²) in [6.45, 7) is 8.65. The zero-order valence-corrected chi connectivity index (χ0v) is 7.67. The number of nitrogens with two attached hydrogens (primary N) is 1. The number of ether oxygens (including phenoxy) is 1. The minimum absolute atomic E-state index is 0.176. The van der Waals surface area contributed by atoms with Crippen molar-refractivity contribution in [3.63, 3.8) is 0 Å². The molecule has 0 radical (unpaired) electrons. The molecule has 0 bridgehead atoms. The Hall–Kier alpha value is -0.870. The van der Waals surface area contributed by atoms with Crippen LogP contribution in [0.2, 0.25) is 0 Å². The van der Waals surface area contributed by atoms with E-state index in [9.17, 15) is 4.79 Å². The molecule has 0 aliphatic rings. The molecule has 0 unspecified atom stereocenters. The molecule has 0 saturated carbocycles. The van der Waals surface area contributed by atoms with Gasteiger partial charge in [-0.05, 0) is 13.8 Å². The van der Waals surface area contributed by atoms with Crippen LogP contribution < -0.4 is 5.73 Å². The fourth-order valence-corrected chi connectivity index (χ4v) is 0.228. The maximum Gasteiger partial charge on any atom is 0.330 e. The highest BCUT2D eigenvalue weighted by atomic mass is 16.5. The van der Waals surface area contributed by atoms with Gasteiger partial charge in [-0.3, -0.25) is 0 Å². The van der Waals surface area contributed by atoms with Crippen molar-refractivity contribution in [3.05, 3.63) is 12.2 Å². The molecule has 4 nitrogen and oxygen atoms in total. The van der Waals surface area contributed by atoms with Gasteiger partial charge in [-0.1, -0.05) is 6.58 Å². The molecule has 12 heavy (non-hydrogen) atoms. The van der Waals surface area contributed by atoms with Gasteiger partial charge in [0.05, 0.1) is 6.61 Å². The maximum atomic E-state index is 9.60. The molecule has 4 heteroatoms. The molecular weight excluding hydrogens is 158 g/mol. The highest BCUT2D eigenvalue weighted by molar-refractivity contribution is 5.84. The maximum absolute atomic E-state index is 9.60. The minimum Gasteiger partial charge on any atom is -0.478 e. The van der Waals surface area contributed by atoms with E-state index in [-0.39, 0.29) is 5.57 Å². The largest absolute Gasteiger partial charge is 0.478 e. The molecule has 0 atom stereocenters. The third-order valence-corrected chi connectivity index (χ3v) is 0.831. The summed E-state index contributed by atoms with van der Waals surface area (Å²) in [6, 6.07) is 0. The number of carbonyl (C=O) groups is 1. The van der Waals surface area contributed by atoms with Gasteiger partial charge < -0.3 is 15.6 Å². The van der Waals surface area contributed by atoms with Crippen LogP contribution in [0.5, 0.6) is 0 Å². The Bertz CT molecular complexity index is 118. The first-order valence-corrected chi connectivity index (χ1v) is 3.72. The van der Waals surface area contributed by atoms with Crippen LogP contribution in [0.15, 0.2) is 12.2 Å². The highest BCUT2D eigenvalue weighted by Gasteiger charge is 1.90. The lowest BCUT2D eigenvalue weighted by atomic mass is 10.4. The van der Waals surface area contributed by atoms with Crippen LogP contribution in [0.3, 0.4) is 0 Å². The van der Waals surface area contributed by atoms with Gasteiger partial charge in [0.15, 0.2) is 0 Å². The summed E-state index contributed by atoms with van der Waals surface area (Å²) in [7, 11) is 0. The lowest BCUT2D eigenvalue weighted by Crippen LogP contribution is -2.07. The van der Waals surface area contributed by atoms with E-state index in [0.29, 0.717) is 13.2 Å². The standard InChI is InChI=1S/C4H11NO.C4H6O2/c1-2-6-4-3-5;1-3(2)4(5)6/h2-5H2,1H3;1H2,2H3,(H,5,6). The van der Waals surface area contributed by atoms with Gasteiger partial charge in [0.2, 0.25) is 0 Å². The van der Waals surface area contributed by atoms with E-state index in [1.807, 2.05) is 6.92 Å². The van der Waals surface area contributed by atoms with Gasteiger partial charge >= 0.3 is 5.97 Å². The molecule has 3 N–H and O–H groups in total. The molecule has 0 heterocycles. The zero-order chi connectivity index (χ0) is 9.98. The molecule has 0 saturated heterocycles. The van der Waals surface area contributed by atoms with Crippen LogP contribution in [0, 0.1) is 0 Å². The fraction of sp³-hybridized carbons (Fsp3) is 0.625. The summed E-state index contributed by atoms with van der Waals surface area (Å²) in [4.78, 5) is 9.60. The number of hydrogen-bond acceptors (Lipinski definition) is 3. The van der Waals surface area contributed by atoms with Crippen molar-refractivity contribution in [3.8, 4) is 0 Å². The summed E-state index contributed by atoms with van der Waals surface area (Å²) in [5.74, 6) is -0.935. The third kappa shape index (κ3) is 16.1. The minimum atomic E-state index is -0.935. The van der Waals surface area contributed by atoms with Crippen LogP contribution >= 0.6 is 0 Å². The van der Waals surface area contributed by atoms with E-state index in [2.05, 4.69) is 6.58 Å². The Balaban J connectivity index is 0. The fourth-order valence-electron chi connectivity index (χ4n) is 0.228. The Morgan fingerprint density at radius 2 is 2.08 bits per heavy atom. The Morgan fingerprint density at radius 3 is 2.17 bits per heavy atom. The van der Waals surface area contributed by atoms with Crippen molar-refractivity contribution in [2.24, 2.45) is 5.73 Å². The summed E-state index contributed by atoms with van der Waals surface area (Å²) in [6.07, 6.45) is 0. The van der Waals surface area contributed by atoms with Crippen molar-refractivity contribution >= 4 is 5.97 Å². The van der Waals surface area contributed by atoms with Crippen LogP contribution in [-0.2, 0) is 9.53 Å². The van der Waals surface area contributed by atoms with E-state index in [1.165, 1.54) is 6.92 Å². The molecule has 0 rings (SSSR count). The number of hydrogen-bond donors (Lipinski definition) is 2. The van der Waals surface area contributed by atoms with E-state index >= 15 is 0 Å². The van der Waals surface area contributed by atoms with Gasteiger partial charge in [-0.2, -0.15) is 0 Å². The van der Waals surface area contributed by atoms with Gasteiger partial charge in [-0.25, -0.2) is 4.79 Å². The molecule has 0 aliphatic heterocycles. The lowest BCUT2D eigenvalue weighted by Gasteiger charge is -1.91. The number of aliphatic carboxylic acids is 1. The normalized spacial score (nSPS) is 8.25. The second kappa shape index (κ2) is 10.1. The van der Waals surface area contributed by atoms with Crippen molar-refractivity contribution in [2.75, 3.05) is 19.8 Å². The lowest BCUT2D eigenvalue weighted by molar-refractivity contribution is -0.132.